The third-order valence-corrected chi connectivity index (χ3v) is 0.971. The molecule has 1 heteroatoms. The summed E-state index contributed by atoms with van der Waals surface area (Å²) in [5.41, 5.74) is 1.20. The minimum atomic E-state index is 0.441. The summed E-state index contributed by atoms with van der Waals surface area (Å²) in [7, 11) is 0. The lowest BCUT2D eigenvalue weighted by molar-refractivity contribution is 0.394. The second kappa shape index (κ2) is 4.19. The van der Waals surface area contributed by atoms with Crippen molar-refractivity contribution in [3.8, 4) is 0 Å². The van der Waals surface area contributed by atoms with Gasteiger partial charge in [-0.05, 0) is 19.9 Å². The molecule has 1 N–H and O–H groups in total. The van der Waals surface area contributed by atoms with Crippen LogP contribution in [0.1, 0.15) is 27.2 Å². The van der Waals surface area contributed by atoms with E-state index in [9.17, 15) is 0 Å². The van der Waals surface area contributed by atoms with Crippen molar-refractivity contribution in [2.24, 2.45) is 0 Å². The molecule has 0 aliphatic heterocycles. The molecule has 9 heavy (non-hydrogen) atoms. The molecule has 52 valence electrons. The van der Waals surface area contributed by atoms with Crippen molar-refractivity contribution >= 4 is 0 Å². The first-order valence-corrected chi connectivity index (χ1v) is 3.19. The van der Waals surface area contributed by atoms with Gasteiger partial charge in [-0.15, -0.1) is 0 Å². The van der Waals surface area contributed by atoms with E-state index in [2.05, 4.69) is 0 Å². The number of rotatable bonds is 2. The van der Waals surface area contributed by atoms with Crippen molar-refractivity contribution in [3.63, 3.8) is 0 Å². The van der Waals surface area contributed by atoms with Crippen LogP contribution in [0.15, 0.2) is 23.5 Å². The van der Waals surface area contributed by atoms with Gasteiger partial charge in [0.25, 0.3) is 0 Å². The third-order valence-electron chi connectivity index (χ3n) is 0.971. The van der Waals surface area contributed by atoms with Crippen LogP contribution < -0.4 is 0 Å². The molecule has 0 saturated heterocycles. The Kier molecular flexibility index (Phi) is 3.85. The Bertz CT molecular complexity index is 128. The molecule has 0 atom stereocenters. The van der Waals surface area contributed by atoms with Crippen LogP contribution in [0.3, 0.4) is 0 Å². The van der Waals surface area contributed by atoms with Gasteiger partial charge < -0.3 is 5.11 Å². The fraction of sp³-hybridized carbons (Fsp3) is 0.500. The Labute approximate surface area is 56.7 Å². The average molecular weight is 126 g/mol. The first-order chi connectivity index (χ1) is 4.16. The molecular weight excluding hydrogens is 112 g/mol. The SMILES string of the molecule is CC/C(O)=C\C=C(C)C. The molecule has 0 amide bonds. The molecule has 0 aromatic carbocycles. The summed E-state index contributed by atoms with van der Waals surface area (Å²) in [6.07, 6.45) is 4.35. The maximum Gasteiger partial charge on any atom is 0.0919 e. The van der Waals surface area contributed by atoms with Crippen LogP contribution in [-0.2, 0) is 0 Å². The molecule has 0 spiro atoms. The Morgan fingerprint density at radius 1 is 1.33 bits per heavy atom. The molecule has 0 heterocycles. The van der Waals surface area contributed by atoms with Crippen molar-refractivity contribution in [2.75, 3.05) is 0 Å². The normalized spacial score (nSPS) is 11.2. The summed E-state index contributed by atoms with van der Waals surface area (Å²) < 4.78 is 0. The highest BCUT2D eigenvalue weighted by Gasteiger charge is 1.81. The number of hydrogen-bond acceptors (Lipinski definition) is 1. The highest BCUT2D eigenvalue weighted by Crippen LogP contribution is 1.96. The molecule has 0 unspecified atom stereocenters. The van der Waals surface area contributed by atoms with Crippen LogP contribution in [0.4, 0.5) is 0 Å². The third kappa shape index (κ3) is 5.15. The van der Waals surface area contributed by atoms with Gasteiger partial charge in [-0.3, -0.25) is 0 Å². The van der Waals surface area contributed by atoms with Gasteiger partial charge in [0.05, 0.1) is 5.76 Å². The fourth-order valence-corrected chi connectivity index (χ4v) is 0.381. The highest BCUT2D eigenvalue weighted by molar-refractivity contribution is 5.10. The zero-order chi connectivity index (χ0) is 7.28. The van der Waals surface area contributed by atoms with Gasteiger partial charge in [-0.2, -0.15) is 0 Å². The molecule has 0 saturated carbocycles. The van der Waals surface area contributed by atoms with E-state index >= 15 is 0 Å². The van der Waals surface area contributed by atoms with Gasteiger partial charge in [-0.25, -0.2) is 0 Å². The zero-order valence-electron chi connectivity index (χ0n) is 6.31. The summed E-state index contributed by atoms with van der Waals surface area (Å²) in [5.74, 6) is 0.441. The number of hydrogen-bond donors (Lipinski definition) is 1. The zero-order valence-corrected chi connectivity index (χ0v) is 6.31. The molecule has 0 aromatic rings. The van der Waals surface area contributed by atoms with Crippen LogP contribution in [0.25, 0.3) is 0 Å². The minimum absolute atomic E-state index is 0.441. The van der Waals surface area contributed by atoms with E-state index in [1.54, 1.807) is 6.08 Å². The van der Waals surface area contributed by atoms with Gasteiger partial charge in [0.15, 0.2) is 0 Å². The van der Waals surface area contributed by atoms with E-state index in [0.717, 1.165) is 0 Å². The lowest BCUT2D eigenvalue weighted by Gasteiger charge is -1.89. The van der Waals surface area contributed by atoms with E-state index in [1.165, 1.54) is 5.57 Å². The van der Waals surface area contributed by atoms with Gasteiger partial charge in [-0.1, -0.05) is 18.6 Å². The molecular formula is C8H14O. The van der Waals surface area contributed by atoms with Crippen LogP contribution in [0, 0.1) is 0 Å². The van der Waals surface area contributed by atoms with Gasteiger partial charge in [0, 0.05) is 6.42 Å². The lowest BCUT2D eigenvalue weighted by Crippen LogP contribution is -1.73. The molecule has 0 radical (unpaired) electrons. The Morgan fingerprint density at radius 3 is 2.22 bits per heavy atom. The number of allylic oxidation sites excluding steroid dienone is 4. The topological polar surface area (TPSA) is 20.2 Å². The summed E-state index contributed by atoms with van der Waals surface area (Å²) >= 11 is 0. The summed E-state index contributed by atoms with van der Waals surface area (Å²) in [5, 5.41) is 8.92. The van der Waals surface area contributed by atoms with Crippen molar-refractivity contribution in [2.45, 2.75) is 27.2 Å². The largest absolute Gasteiger partial charge is 0.512 e. The van der Waals surface area contributed by atoms with E-state index in [0.29, 0.717) is 12.2 Å². The summed E-state index contributed by atoms with van der Waals surface area (Å²) in [4.78, 5) is 0. The first-order valence-electron chi connectivity index (χ1n) is 3.19. The molecule has 0 aromatic heterocycles. The van der Waals surface area contributed by atoms with Crippen molar-refractivity contribution in [3.05, 3.63) is 23.5 Å². The van der Waals surface area contributed by atoms with Crippen LogP contribution >= 0.6 is 0 Å². The molecule has 0 aliphatic carbocycles. The Morgan fingerprint density at radius 2 is 1.89 bits per heavy atom. The monoisotopic (exact) mass is 126 g/mol. The van der Waals surface area contributed by atoms with Gasteiger partial charge in [0.1, 0.15) is 0 Å². The van der Waals surface area contributed by atoms with Gasteiger partial charge >= 0.3 is 0 Å². The smallest absolute Gasteiger partial charge is 0.0919 e. The van der Waals surface area contributed by atoms with Crippen molar-refractivity contribution < 1.29 is 5.11 Å². The molecule has 0 rings (SSSR count). The second-order valence-electron chi connectivity index (χ2n) is 2.26. The Balaban J connectivity index is 3.83. The first kappa shape index (κ1) is 8.28. The molecule has 1 nitrogen and oxygen atoms in total. The number of aliphatic hydroxyl groups is 1. The molecule has 0 aliphatic rings. The maximum absolute atomic E-state index is 8.92. The van der Waals surface area contributed by atoms with Crippen LogP contribution in [0.5, 0.6) is 0 Å². The van der Waals surface area contributed by atoms with E-state index in [1.807, 2.05) is 26.8 Å². The lowest BCUT2D eigenvalue weighted by atomic mass is 10.3. The predicted octanol–water partition coefficient (Wildman–Crippen LogP) is 2.80. The average Bonchev–Trinajstić information content (AvgIpc) is 1.83. The predicted molar refractivity (Wildman–Crippen MR) is 40.4 cm³/mol. The maximum atomic E-state index is 8.92. The summed E-state index contributed by atoms with van der Waals surface area (Å²) in [6, 6.07) is 0. The summed E-state index contributed by atoms with van der Waals surface area (Å²) in [6.45, 7) is 5.92. The molecule has 0 fully saturated rings. The second-order valence-corrected chi connectivity index (χ2v) is 2.26. The molecule has 0 bridgehead atoms. The van der Waals surface area contributed by atoms with Gasteiger partial charge in [0.2, 0.25) is 0 Å². The van der Waals surface area contributed by atoms with E-state index in [-0.39, 0.29) is 0 Å². The standard InChI is InChI=1S/C8H14O/c1-4-8(9)6-5-7(2)3/h5-6,9H,4H2,1-3H3/b8-6+. The van der Waals surface area contributed by atoms with Crippen LogP contribution in [-0.4, -0.2) is 5.11 Å². The number of aliphatic hydroxyl groups excluding tert-OH is 1. The van der Waals surface area contributed by atoms with Crippen LogP contribution in [0.2, 0.25) is 0 Å². The van der Waals surface area contributed by atoms with Crippen molar-refractivity contribution in [1.82, 2.24) is 0 Å². The Hall–Kier alpha value is -0.720. The van der Waals surface area contributed by atoms with E-state index < -0.39 is 0 Å². The quantitative estimate of drug-likeness (QED) is 0.445. The highest BCUT2D eigenvalue weighted by atomic mass is 16.3. The van der Waals surface area contributed by atoms with E-state index in [4.69, 9.17) is 5.11 Å². The fourth-order valence-electron chi connectivity index (χ4n) is 0.381. The minimum Gasteiger partial charge on any atom is -0.512 e. The van der Waals surface area contributed by atoms with Crippen molar-refractivity contribution in [1.29, 1.82) is 0 Å².